The number of aliphatic carboxylic acids is 2. The van der Waals surface area contributed by atoms with Crippen LogP contribution in [0, 0.1) is 12.5 Å². The molecule has 2 aromatic rings. The van der Waals surface area contributed by atoms with Crippen LogP contribution in [0.3, 0.4) is 0 Å². The Kier molecular flexibility index (Phi) is 22.3. The Morgan fingerprint density at radius 1 is 0.895 bits per heavy atom. The molecule has 0 bridgehead atoms. The molecule has 4 radical (unpaired) electrons. The molecule has 0 aromatic carbocycles. The molecule has 0 fully saturated rings. The number of carbonyl (C=O) groups is 2. The van der Waals surface area contributed by atoms with Gasteiger partial charge in [-0.1, -0.05) is 0 Å². The summed E-state index contributed by atoms with van der Waals surface area (Å²) in [5, 5.41) is 17.8. The molecule has 0 spiro atoms. The van der Waals surface area contributed by atoms with Crippen molar-refractivity contribution in [3.63, 3.8) is 0 Å². The van der Waals surface area contributed by atoms with Crippen LogP contribution in [0.4, 0.5) is 0 Å². The first-order chi connectivity index (χ1) is 8.46. The Morgan fingerprint density at radius 2 is 1.16 bits per heavy atom. The molecule has 2 heterocycles. The van der Waals surface area contributed by atoms with Crippen molar-refractivity contribution in [3.05, 3.63) is 49.3 Å². The van der Waals surface area contributed by atoms with Crippen LogP contribution in [0.2, 0.25) is 0 Å². The van der Waals surface area contributed by atoms with Gasteiger partial charge in [0.2, 0.25) is 0 Å². The van der Waals surface area contributed by atoms with Crippen molar-refractivity contribution in [3.8, 4) is 0 Å². The van der Waals surface area contributed by atoms with Crippen molar-refractivity contribution in [2.24, 2.45) is 0 Å². The monoisotopic (exact) mass is 460 g/mol. The quantitative estimate of drug-likeness (QED) is 0.482. The maximum atomic E-state index is 8.89. The molecule has 2 rings (SSSR count). The summed E-state index contributed by atoms with van der Waals surface area (Å²) < 4.78 is 8.92. The van der Waals surface area contributed by atoms with Crippen LogP contribution >= 0.6 is 0 Å². The fourth-order valence-corrected chi connectivity index (χ4v) is 0.393. The molecule has 2 aromatic heterocycles. The third-order valence-corrected chi connectivity index (χ3v) is 0.758. The number of carbonyl (C=O) groups excluding carboxylic acids is 2. The first-order valence-corrected chi connectivity index (χ1v) is 4.61. The van der Waals surface area contributed by atoms with Gasteiger partial charge in [0.05, 0.1) is 12.5 Å². The summed E-state index contributed by atoms with van der Waals surface area (Å²) in [5.41, 5.74) is 0. The smallest absolute Gasteiger partial charge is 0.550 e. The second-order valence-corrected chi connectivity index (χ2v) is 2.44. The zero-order valence-corrected chi connectivity index (χ0v) is 14.3. The first kappa shape index (κ1) is 22.6. The Labute approximate surface area is 131 Å². The zero-order chi connectivity index (χ0) is 14.2. The molecule has 6 nitrogen and oxygen atoms in total. The molecule has 100 valence electrons. The fourth-order valence-electron chi connectivity index (χ4n) is 0.393. The van der Waals surface area contributed by atoms with Gasteiger partial charge in [0.15, 0.2) is 12.5 Å². The number of hydrogen-bond acceptors (Lipinski definition) is 6. The largest absolute Gasteiger partial charge is 2.00 e. The molecule has 0 unspecified atom stereocenters. The molecule has 0 saturated heterocycles. The number of carboxylic acids is 2. The van der Waals surface area contributed by atoms with E-state index in [1.165, 1.54) is 0 Å². The van der Waals surface area contributed by atoms with Crippen LogP contribution in [0.25, 0.3) is 0 Å². The summed E-state index contributed by atoms with van der Waals surface area (Å²) in [5.74, 6) is -2.17. The first-order valence-electron chi connectivity index (χ1n) is 4.61. The minimum absolute atomic E-state index is 0. The Morgan fingerprint density at radius 3 is 1.21 bits per heavy atom. The summed E-state index contributed by atoms with van der Waals surface area (Å²) in [6.07, 6.45) is 8.11. The molecule has 0 amide bonds. The average molecular weight is 459 g/mol. The van der Waals surface area contributed by atoms with E-state index in [-0.39, 0.29) is 27.3 Å². The van der Waals surface area contributed by atoms with Crippen molar-refractivity contribution in [2.45, 2.75) is 13.8 Å². The van der Waals surface area contributed by atoms with Crippen molar-refractivity contribution in [1.29, 1.82) is 0 Å². The van der Waals surface area contributed by atoms with Crippen LogP contribution < -0.4 is 10.2 Å². The van der Waals surface area contributed by atoms with Gasteiger partial charge >= 0.3 is 27.3 Å². The topological polar surface area (TPSA) is 107 Å². The minimum atomic E-state index is -1.08. The second kappa shape index (κ2) is 18.8. The third-order valence-electron chi connectivity index (χ3n) is 0.758. The van der Waals surface area contributed by atoms with Crippen LogP contribution in [-0.4, -0.2) is 39.2 Å². The Bertz CT molecular complexity index is 288. The summed E-state index contributed by atoms with van der Waals surface area (Å²) in [7, 11) is 0. The molecule has 19 heavy (non-hydrogen) atoms. The van der Waals surface area contributed by atoms with Crippen molar-refractivity contribution in [2.75, 3.05) is 0 Å². The third kappa shape index (κ3) is 48.2. The second-order valence-electron chi connectivity index (χ2n) is 2.44. The van der Waals surface area contributed by atoms with Gasteiger partial charge in [-0.3, -0.25) is 0 Å². The van der Waals surface area contributed by atoms with Gasteiger partial charge in [0, 0.05) is 11.9 Å². The van der Waals surface area contributed by atoms with E-state index in [1.54, 1.807) is 36.8 Å². The van der Waals surface area contributed by atoms with E-state index in [4.69, 9.17) is 19.8 Å². The SMILES string of the molecule is CC(=O)[O-].CC(=O)[O-].[Pb+2].[c]1ccco1.[c]1ccco1. The predicted molar refractivity (Wildman–Crippen MR) is 62.2 cm³/mol. The standard InChI is InChI=1S/2C4H3O.2C2H4O2.Pb/c2*1-2-4-5-3-1;2*1-2(3)4;/h2*1-3H;2*1H3,(H,3,4);/q;;;;+2/p-2. The molecule has 0 saturated carbocycles. The van der Waals surface area contributed by atoms with Crippen LogP contribution in [0.5, 0.6) is 0 Å². The summed E-state index contributed by atoms with van der Waals surface area (Å²) in [4.78, 5) is 17.8. The maximum Gasteiger partial charge on any atom is 2.00 e. The van der Waals surface area contributed by atoms with E-state index in [9.17, 15) is 0 Å². The van der Waals surface area contributed by atoms with Gasteiger partial charge < -0.3 is 28.6 Å². The summed E-state index contributed by atoms with van der Waals surface area (Å²) >= 11 is 0. The van der Waals surface area contributed by atoms with Gasteiger partial charge in [0.1, 0.15) is 0 Å². The van der Waals surface area contributed by atoms with Gasteiger partial charge in [0.25, 0.3) is 0 Å². The van der Waals surface area contributed by atoms with Gasteiger partial charge in [-0.2, -0.15) is 0 Å². The van der Waals surface area contributed by atoms with E-state index in [1.807, 2.05) is 0 Å². The number of rotatable bonds is 0. The van der Waals surface area contributed by atoms with Gasteiger partial charge in [-0.15, -0.1) is 0 Å². The average Bonchev–Trinajstić information content (AvgIpc) is 2.96. The molecule has 0 atom stereocenters. The fraction of sp³-hybridized carbons (Fsp3) is 0.167. The molecular formula is C12H12O6Pb. The molecule has 0 aliphatic carbocycles. The zero-order valence-electron chi connectivity index (χ0n) is 10.4. The Balaban J connectivity index is -0.000000178. The minimum Gasteiger partial charge on any atom is -0.550 e. The molecule has 0 N–H and O–H groups in total. The van der Waals surface area contributed by atoms with Crippen molar-refractivity contribution < 1.29 is 28.6 Å². The van der Waals surface area contributed by atoms with E-state index in [2.05, 4.69) is 21.4 Å². The van der Waals surface area contributed by atoms with E-state index >= 15 is 0 Å². The number of carboxylic acid groups (broad SMARTS) is 2. The summed E-state index contributed by atoms with van der Waals surface area (Å²) in [6.45, 7) is 1.94. The molecule has 0 aliphatic rings. The van der Waals surface area contributed by atoms with Crippen molar-refractivity contribution >= 4 is 39.2 Å². The maximum absolute atomic E-state index is 8.89. The number of furan rings is 2. The molecule has 0 aliphatic heterocycles. The Hall–Kier alpha value is -1.58. The van der Waals surface area contributed by atoms with Crippen LogP contribution in [0.15, 0.2) is 45.6 Å². The van der Waals surface area contributed by atoms with Gasteiger partial charge in [-0.25, -0.2) is 0 Å². The van der Waals surface area contributed by atoms with Crippen molar-refractivity contribution in [1.82, 2.24) is 0 Å². The number of hydrogen-bond donors (Lipinski definition) is 0. The van der Waals surface area contributed by atoms with Crippen LogP contribution in [-0.2, 0) is 9.59 Å². The molecule has 7 heteroatoms. The summed E-state index contributed by atoms with van der Waals surface area (Å²) in [6, 6.07) is 6.97. The van der Waals surface area contributed by atoms with E-state index < -0.39 is 11.9 Å². The van der Waals surface area contributed by atoms with E-state index in [0.29, 0.717) is 0 Å². The van der Waals surface area contributed by atoms with Gasteiger partial charge in [-0.05, 0) is 38.1 Å². The normalized spacial score (nSPS) is 6.84. The predicted octanol–water partition coefficient (Wildman–Crippen LogP) is -0.709. The van der Waals surface area contributed by atoms with Crippen LogP contribution in [0.1, 0.15) is 13.8 Å². The van der Waals surface area contributed by atoms with E-state index in [0.717, 1.165) is 13.8 Å². The molecular weight excluding hydrogens is 447 g/mol.